The van der Waals surface area contributed by atoms with Gasteiger partial charge in [0, 0.05) is 16.3 Å². The van der Waals surface area contributed by atoms with Gasteiger partial charge in [0.25, 0.3) is 0 Å². The van der Waals surface area contributed by atoms with Gasteiger partial charge in [0.05, 0.1) is 0 Å². The SMILES string of the molecule is CCc1ccccc1OCc1ccc(Cl)cc1N. The zero-order chi connectivity index (χ0) is 13.0. The van der Waals surface area contributed by atoms with Gasteiger partial charge in [0.15, 0.2) is 0 Å². The molecule has 0 saturated carbocycles. The van der Waals surface area contributed by atoms with Gasteiger partial charge in [-0.2, -0.15) is 0 Å². The maximum absolute atomic E-state index is 5.89. The van der Waals surface area contributed by atoms with Crippen molar-refractivity contribution in [1.29, 1.82) is 0 Å². The van der Waals surface area contributed by atoms with E-state index in [0.29, 0.717) is 17.3 Å². The number of hydrogen-bond acceptors (Lipinski definition) is 2. The maximum atomic E-state index is 5.89. The number of aryl methyl sites for hydroxylation is 1. The van der Waals surface area contributed by atoms with Gasteiger partial charge in [-0.05, 0) is 30.2 Å². The zero-order valence-corrected chi connectivity index (χ0v) is 11.1. The summed E-state index contributed by atoms with van der Waals surface area (Å²) in [7, 11) is 0. The topological polar surface area (TPSA) is 35.2 Å². The minimum Gasteiger partial charge on any atom is -0.489 e. The van der Waals surface area contributed by atoms with Gasteiger partial charge >= 0.3 is 0 Å². The van der Waals surface area contributed by atoms with Crippen molar-refractivity contribution in [3.63, 3.8) is 0 Å². The summed E-state index contributed by atoms with van der Waals surface area (Å²) in [6.07, 6.45) is 0.951. The molecule has 0 unspecified atom stereocenters. The van der Waals surface area contributed by atoms with Crippen LogP contribution in [0.25, 0.3) is 0 Å². The van der Waals surface area contributed by atoms with E-state index >= 15 is 0 Å². The van der Waals surface area contributed by atoms with Crippen molar-refractivity contribution in [2.45, 2.75) is 20.0 Å². The Labute approximate surface area is 112 Å². The summed E-state index contributed by atoms with van der Waals surface area (Å²) in [4.78, 5) is 0. The highest BCUT2D eigenvalue weighted by molar-refractivity contribution is 6.30. The lowest BCUT2D eigenvalue weighted by atomic mass is 10.1. The van der Waals surface area contributed by atoms with Crippen molar-refractivity contribution in [1.82, 2.24) is 0 Å². The van der Waals surface area contributed by atoms with E-state index in [0.717, 1.165) is 17.7 Å². The van der Waals surface area contributed by atoms with Crippen LogP contribution < -0.4 is 10.5 Å². The van der Waals surface area contributed by atoms with E-state index in [9.17, 15) is 0 Å². The Morgan fingerprint density at radius 1 is 1.11 bits per heavy atom. The van der Waals surface area contributed by atoms with Crippen LogP contribution in [0.5, 0.6) is 5.75 Å². The molecule has 0 heterocycles. The van der Waals surface area contributed by atoms with Crippen molar-refractivity contribution < 1.29 is 4.74 Å². The first-order valence-corrected chi connectivity index (χ1v) is 6.33. The summed E-state index contributed by atoms with van der Waals surface area (Å²) in [5.41, 5.74) is 8.70. The highest BCUT2D eigenvalue weighted by atomic mass is 35.5. The van der Waals surface area contributed by atoms with Crippen LogP contribution in [0.3, 0.4) is 0 Å². The van der Waals surface area contributed by atoms with E-state index in [2.05, 4.69) is 13.0 Å². The van der Waals surface area contributed by atoms with Crippen LogP contribution in [0.1, 0.15) is 18.1 Å². The van der Waals surface area contributed by atoms with Gasteiger partial charge in [-0.3, -0.25) is 0 Å². The van der Waals surface area contributed by atoms with Gasteiger partial charge in [0.1, 0.15) is 12.4 Å². The molecule has 0 fully saturated rings. The minimum absolute atomic E-state index is 0.458. The summed E-state index contributed by atoms with van der Waals surface area (Å²) >= 11 is 5.86. The first kappa shape index (κ1) is 12.8. The van der Waals surface area contributed by atoms with E-state index in [1.807, 2.05) is 30.3 Å². The molecule has 94 valence electrons. The van der Waals surface area contributed by atoms with Crippen molar-refractivity contribution in [3.05, 3.63) is 58.6 Å². The number of nitrogen functional groups attached to an aromatic ring is 1. The monoisotopic (exact) mass is 261 g/mol. The van der Waals surface area contributed by atoms with Crippen molar-refractivity contribution in [2.24, 2.45) is 0 Å². The number of anilines is 1. The average molecular weight is 262 g/mol. The quantitative estimate of drug-likeness (QED) is 0.843. The summed E-state index contributed by atoms with van der Waals surface area (Å²) in [5, 5.41) is 0.644. The highest BCUT2D eigenvalue weighted by Gasteiger charge is 2.04. The molecule has 0 atom stereocenters. The van der Waals surface area contributed by atoms with Crippen molar-refractivity contribution >= 4 is 17.3 Å². The Kier molecular flexibility index (Phi) is 4.11. The predicted octanol–water partition coefficient (Wildman–Crippen LogP) is 4.06. The molecule has 2 nitrogen and oxygen atoms in total. The van der Waals surface area contributed by atoms with E-state index in [-0.39, 0.29) is 0 Å². The van der Waals surface area contributed by atoms with E-state index < -0.39 is 0 Å². The third-order valence-corrected chi connectivity index (χ3v) is 3.08. The Morgan fingerprint density at radius 2 is 1.89 bits per heavy atom. The largest absolute Gasteiger partial charge is 0.489 e. The second-order valence-electron chi connectivity index (χ2n) is 4.09. The van der Waals surface area contributed by atoms with Gasteiger partial charge < -0.3 is 10.5 Å². The van der Waals surface area contributed by atoms with Crippen molar-refractivity contribution in [3.8, 4) is 5.75 Å². The molecule has 0 bridgehead atoms. The second kappa shape index (κ2) is 5.78. The van der Waals surface area contributed by atoms with Gasteiger partial charge in [0.2, 0.25) is 0 Å². The first-order valence-electron chi connectivity index (χ1n) is 5.95. The molecule has 0 aromatic heterocycles. The lowest BCUT2D eigenvalue weighted by Gasteiger charge is -2.11. The van der Waals surface area contributed by atoms with Crippen LogP contribution in [-0.2, 0) is 13.0 Å². The van der Waals surface area contributed by atoms with Gasteiger partial charge in [-0.1, -0.05) is 42.8 Å². The minimum atomic E-state index is 0.458. The molecular weight excluding hydrogens is 246 g/mol. The third-order valence-electron chi connectivity index (χ3n) is 2.84. The first-order chi connectivity index (χ1) is 8.70. The molecular formula is C15H16ClNO. The fraction of sp³-hybridized carbons (Fsp3) is 0.200. The smallest absolute Gasteiger partial charge is 0.122 e. The Balaban J connectivity index is 2.11. The molecule has 0 spiro atoms. The zero-order valence-electron chi connectivity index (χ0n) is 10.3. The average Bonchev–Trinajstić information content (AvgIpc) is 2.38. The van der Waals surface area contributed by atoms with E-state index in [4.69, 9.17) is 22.1 Å². The summed E-state index contributed by atoms with van der Waals surface area (Å²) in [6.45, 7) is 2.57. The molecule has 0 radical (unpaired) electrons. The van der Waals surface area contributed by atoms with E-state index in [1.54, 1.807) is 6.07 Å². The molecule has 0 amide bonds. The lowest BCUT2D eigenvalue weighted by Crippen LogP contribution is -2.01. The molecule has 2 rings (SSSR count). The third kappa shape index (κ3) is 2.96. The van der Waals surface area contributed by atoms with Crippen LogP contribution in [0.2, 0.25) is 5.02 Å². The van der Waals surface area contributed by atoms with Crippen LogP contribution in [-0.4, -0.2) is 0 Å². The molecule has 18 heavy (non-hydrogen) atoms. The van der Waals surface area contributed by atoms with Gasteiger partial charge in [-0.15, -0.1) is 0 Å². The molecule has 3 heteroatoms. The van der Waals surface area contributed by atoms with Crippen LogP contribution in [0.15, 0.2) is 42.5 Å². The molecule has 0 aliphatic heterocycles. The lowest BCUT2D eigenvalue weighted by molar-refractivity contribution is 0.304. The Hall–Kier alpha value is -1.67. The van der Waals surface area contributed by atoms with Crippen LogP contribution >= 0.6 is 11.6 Å². The normalized spacial score (nSPS) is 10.3. The fourth-order valence-corrected chi connectivity index (χ4v) is 1.97. The fourth-order valence-electron chi connectivity index (χ4n) is 1.79. The molecule has 2 aromatic rings. The number of ether oxygens (including phenoxy) is 1. The van der Waals surface area contributed by atoms with Gasteiger partial charge in [-0.25, -0.2) is 0 Å². The standard InChI is InChI=1S/C15H16ClNO/c1-2-11-5-3-4-6-15(11)18-10-12-7-8-13(16)9-14(12)17/h3-9H,2,10,17H2,1H3. The number of para-hydroxylation sites is 1. The number of hydrogen-bond donors (Lipinski definition) is 1. The molecule has 2 N–H and O–H groups in total. The summed E-state index contributed by atoms with van der Waals surface area (Å²) in [5.74, 6) is 0.911. The number of halogens is 1. The second-order valence-corrected chi connectivity index (χ2v) is 4.53. The maximum Gasteiger partial charge on any atom is 0.122 e. The number of benzene rings is 2. The highest BCUT2D eigenvalue weighted by Crippen LogP contribution is 2.22. The molecule has 0 aliphatic rings. The Bertz CT molecular complexity index is 540. The van der Waals surface area contributed by atoms with Crippen LogP contribution in [0.4, 0.5) is 5.69 Å². The summed E-state index contributed by atoms with van der Waals surface area (Å²) < 4.78 is 5.81. The van der Waals surface area contributed by atoms with E-state index in [1.165, 1.54) is 5.56 Å². The van der Waals surface area contributed by atoms with Crippen molar-refractivity contribution in [2.75, 3.05) is 5.73 Å². The number of rotatable bonds is 4. The predicted molar refractivity (Wildman–Crippen MR) is 76.0 cm³/mol. The molecule has 0 saturated heterocycles. The van der Waals surface area contributed by atoms with Crippen LogP contribution in [0, 0.1) is 0 Å². The molecule has 0 aliphatic carbocycles. The summed E-state index contributed by atoms with van der Waals surface area (Å²) in [6, 6.07) is 13.5. The molecule has 2 aromatic carbocycles. The Morgan fingerprint density at radius 3 is 2.61 bits per heavy atom. The number of nitrogens with two attached hydrogens (primary N) is 1.